The van der Waals surface area contributed by atoms with Gasteiger partial charge in [0.05, 0.1) is 6.61 Å². The quantitative estimate of drug-likeness (QED) is 0.405. The summed E-state index contributed by atoms with van der Waals surface area (Å²) >= 11 is 0. The molecule has 0 aliphatic heterocycles. The Labute approximate surface area is 90.5 Å². The zero-order valence-corrected chi connectivity index (χ0v) is 9.41. The van der Waals surface area contributed by atoms with Crippen LogP contribution in [0.2, 0.25) is 0 Å². The van der Waals surface area contributed by atoms with Crippen molar-refractivity contribution in [3.63, 3.8) is 0 Å². The molecule has 0 aromatic heterocycles. The van der Waals surface area contributed by atoms with Gasteiger partial charge in [0, 0.05) is 5.92 Å². The fraction of sp³-hybridized carbons (Fsp3) is 0.667. The first-order chi connectivity index (χ1) is 7.06. The molecule has 0 N–H and O–H groups in total. The van der Waals surface area contributed by atoms with E-state index in [0.29, 0.717) is 19.4 Å². The van der Waals surface area contributed by atoms with E-state index in [1.165, 1.54) is 0 Å². The van der Waals surface area contributed by atoms with E-state index < -0.39 is 5.92 Å². The Morgan fingerprint density at radius 1 is 1.53 bits per heavy atom. The molecule has 0 radical (unpaired) electrons. The molecular weight excluding hydrogens is 192 g/mol. The average molecular weight is 210 g/mol. The minimum absolute atomic E-state index is 0.0168. The van der Waals surface area contributed by atoms with Gasteiger partial charge < -0.3 is 4.74 Å². The van der Waals surface area contributed by atoms with Gasteiger partial charge in [-0.1, -0.05) is 5.57 Å². The summed E-state index contributed by atoms with van der Waals surface area (Å²) in [4.78, 5) is 23.2. The van der Waals surface area contributed by atoms with Gasteiger partial charge in [0.15, 0.2) is 0 Å². The number of Topliss-reactive ketones (excluding diaryl/α,β-unsaturated/α-hetero) is 1. The molecule has 1 saturated carbocycles. The van der Waals surface area contributed by atoms with Gasteiger partial charge in [-0.3, -0.25) is 9.59 Å². The summed E-state index contributed by atoms with van der Waals surface area (Å²) in [5.41, 5.74) is 0.998. The molecule has 0 aromatic rings. The Balaban J connectivity index is 2.56. The number of allylic oxidation sites excluding steroid dienone is 1. The number of carbonyl (C=O) groups is 2. The molecule has 15 heavy (non-hydrogen) atoms. The van der Waals surface area contributed by atoms with Crippen LogP contribution >= 0.6 is 0 Å². The SMILES string of the molecule is C=C(C)C[C@@H]1CC[C@H](C(=O)OCC)C1=O. The maximum atomic E-state index is 11.8. The highest BCUT2D eigenvalue weighted by Gasteiger charge is 2.39. The summed E-state index contributed by atoms with van der Waals surface area (Å²) in [6.45, 7) is 7.79. The smallest absolute Gasteiger partial charge is 0.316 e. The number of hydrogen-bond acceptors (Lipinski definition) is 3. The molecule has 1 rings (SSSR count). The number of ketones is 1. The van der Waals surface area contributed by atoms with Crippen molar-refractivity contribution in [1.82, 2.24) is 0 Å². The van der Waals surface area contributed by atoms with Gasteiger partial charge in [0.25, 0.3) is 0 Å². The molecule has 3 nitrogen and oxygen atoms in total. The standard InChI is InChI=1S/C12H18O3/c1-4-15-12(14)10-6-5-9(11(10)13)7-8(2)3/h9-10H,2,4-7H2,1,3H3/t9-,10-/m0/s1. The number of carbonyl (C=O) groups excluding carboxylic acids is 2. The lowest BCUT2D eigenvalue weighted by molar-refractivity contribution is -0.150. The van der Waals surface area contributed by atoms with Crippen molar-refractivity contribution in [2.75, 3.05) is 6.61 Å². The van der Waals surface area contributed by atoms with E-state index in [9.17, 15) is 9.59 Å². The first kappa shape index (κ1) is 12.0. The van der Waals surface area contributed by atoms with Gasteiger partial charge in [0.1, 0.15) is 11.7 Å². The van der Waals surface area contributed by atoms with Gasteiger partial charge in [-0.25, -0.2) is 0 Å². The van der Waals surface area contributed by atoms with Crippen LogP contribution in [0, 0.1) is 11.8 Å². The summed E-state index contributed by atoms with van der Waals surface area (Å²) in [5, 5.41) is 0. The van der Waals surface area contributed by atoms with Crippen LogP contribution in [0.3, 0.4) is 0 Å². The van der Waals surface area contributed by atoms with Crippen LogP contribution in [0.25, 0.3) is 0 Å². The fourth-order valence-electron chi connectivity index (χ4n) is 2.04. The Bertz CT molecular complexity index is 281. The fourth-order valence-corrected chi connectivity index (χ4v) is 2.04. The van der Waals surface area contributed by atoms with Crippen LogP contribution in [-0.4, -0.2) is 18.4 Å². The van der Waals surface area contributed by atoms with Gasteiger partial charge in [-0.15, -0.1) is 6.58 Å². The maximum Gasteiger partial charge on any atom is 0.316 e. The molecule has 84 valence electrons. The number of esters is 1. The molecule has 0 amide bonds. The van der Waals surface area contributed by atoms with Gasteiger partial charge in [0.2, 0.25) is 0 Å². The van der Waals surface area contributed by atoms with E-state index in [1.807, 2.05) is 6.92 Å². The number of rotatable bonds is 4. The van der Waals surface area contributed by atoms with E-state index >= 15 is 0 Å². The summed E-state index contributed by atoms with van der Waals surface area (Å²) in [6.07, 6.45) is 2.12. The molecule has 0 unspecified atom stereocenters. The lowest BCUT2D eigenvalue weighted by Gasteiger charge is -2.09. The minimum Gasteiger partial charge on any atom is -0.465 e. The Morgan fingerprint density at radius 3 is 2.73 bits per heavy atom. The van der Waals surface area contributed by atoms with Crippen LogP contribution in [0.5, 0.6) is 0 Å². The molecule has 0 saturated heterocycles. The predicted molar refractivity (Wildman–Crippen MR) is 57.3 cm³/mol. The third-order valence-corrected chi connectivity index (χ3v) is 2.72. The lowest BCUT2D eigenvalue weighted by atomic mass is 9.97. The molecule has 1 fully saturated rings. The molecule has 1 aliphatic carbocycles. The molecule has 1 aliphatic rings. The second kappa shape index (κ2) is 5.10. The van der Waals surface area contributed by atoms with E-state index in [0.717, 1.165) is 12.0 Å². The van der Waals surface area contributed by atoms with Crippen molar-refractivity contribution < 1.29 is 14.3 Å². The highest BCUT2D eigenvalue weighted by Crippen LogP contribution is 2.32. The predicted octanol–water partition coefficient (Wildman–Crippen LogP) is 2.11. The van der Waals surface area contributed by atoms with E-state index in [2.05, 4.69) is 6.58 Å². The van der Waals surface area contributed by atoms with Crippen LogP contribution in [0.4, 0.5) is 0 Å². The molecule has 0 bridgehead atoms. The third-order valence-electron chi connectivity index (χ3n) is 2.72. The van der Waals surface area contributed by atoms with Crippen molar-refractivity contribution in [2.45, 2.75) is 33.1 Å². The first-order valence-corrected chi connectivity index (χ1v) is 5.41. The summed E-state index contributed by atoms with van der Waals surface area (Å²) in [5.74, 6) is -0.852. The Hall–Kier alpha value is -1.12. The third kappa shape index (κ3) is 2.91. The van der Waals surface area contributed by atoms with Crippen molar-refractivity contribution in [3.8, 4) is 0 Å². The Kier molecular flexibility index (Phi) is 4.06. The van der Waals surface area contributed by atoms with E-state index in [-0.39, 0.29) is 17.7 Å². The van der Waals surface area contributed by atoms with Gasteiger partial charge in [-0.05, 0) is 33.1 Å². The van der Waals surface area contributed by atoms with Crippen molar-refractivity contribution >= 4 is 11.8 Å². The summed E-state index contributed by atoms with van der Waals surface area (Å²) in [7, 11) is 0. The first-order valence-electron chi connectivity index (χ1n) is 5.41. The van der Waals surface area contributed by atoms with Crippen LogP contribution in [0.15, 0.2) is 12.2 Å². The average Bonchev–Trinajstić information content (AvgIpc) is 2.48. The number of ether oxygens (including phenoxy) is 1. The van der Waals surface area contributed by atoms with E-state index in [1.54, 1.807) is 6.92 Å². The zero-order chi connectivity index (χ0) is 11.4. The van der Waals surface area contributed by atoms with E-state index in [4.69, 9.17) is 4.74 Å². The molecule has 0 spiro atoms. The van der Waals surface area contributed by atoms with Crippen LogP contribution in [-0.2, 0) is 14.3 Å². The number of hydrogen-bond donors (Lipinski definition) is 0. The topological polar surface area (TPSA) is 43.4 Å². The molecular formula is C12H18O3. The van der Waals surface area contributed by atoms with Crippen molar-refractivity contribution in [2.24, 2.45) is 11.8 Å². The summed E-state index contributed by atoms with van der Waals surface area (Å²) < 4.78 is 4.87. The van der Waals surface area contributed by atoms with Gasteiger partial charge in [-0.2, -0.15) is 0 Å². The second-order valence-corrected chi connectivity index (χ2v) is 4.14. The zero-order valence-electron chi connectivity index (χ0n) is 9.41. The monoisotopic (exact) mass is 210 g/mol. The molecule has 0 heterocycles. The van der Waals surface area contributed by atoms with Gasteiger partial charge >= 0.3 is 5.97 Å². The second-order valence-electron chi connectivity index (χ2n) is 4.14. The van der Waals surface area contributed by atoms with Crippen molar-refractivity contribution in [1.29, 1.82) is 0 Å². The normalized spacial score (nSPS) is 25.3. The highest BCUT2D eigenvalue weighted by atomic mass is 16.5. The molecule has 2 atom stereocenters. The van der Waals surface area contributed by atoms with Crippen LogP contribution in [0.1, 0.15) is 33.1 Å². The summed E-state index contributed by atoms with van der Waals surface area (Å²) in [6, 6.07) is 0. The van der Waals surface area contributed by atoms with Crippen LogP contribution < -0.4 is 0 Å². The van der Waals surface area contributed by atoms with Crippen molar-refractivity contribution in [3.05, 3.63) is 12.2 Å². The molecule has 0 aromatic carbocycles. The highest BCUT2D eigenvalue weighted by molar-refractivity contribution is 6.01. The lowest BCUT2D eigenvalue weighted by Crippen LogP contribution is -2.24. The maximum absolute atomic E-state index is 11.8. The largest absolute Gasteiger partial charge is 0.465 e. The minimum atomic E-state index is -0.519. The molecule has 3 heteroatoms. The Morgan fingerprint density at radius 2 is 2.20 bits per heavy atom.